The van der Waals surface area contributed by atoms with E-state index in [2.05, 4.69) is 20.3 Å². The zero-order valence-electron chi connectivity index (χ0n) is 11.4. The monoisotopic (exact) mass is 316 g/mol. The number of fused-ring (bicyclic) bond motifs is 8. The molecular formula is C13H12N6S2. The summed E-state index contributed by atoms with van der Waals surface area (Å²) in [6.07, 6.45) is 4.78. The summed E-state index contributed by atoms with van der Waals surface area (Å²) in [6, 6.07) is 0. The molecule has 0 saturated carbocycles. The molecular weight excluding hydrogens is 304 g/mol. The zero-order valence-corrected chi connectivity index (χ0v) is 13.0. The van der Waals surface area contributed by atoms with Crippen LogP contribution in [0.15, 0.2) is 0 Å². The van der Waals surface area contributed by atoms with E-state index in [9.17, 15) is 0 Å². The predicted molar refractivity (Wildman–Crippen MR) is 83.7 cm³/mol. The van der Waals surface area contributed by atoms with Crippen molar-refractivity contribution in [2.75, 3.05) is 0 Å². The summed E-state index contributed by atoms with van der Waals surface area (Å²) in [6.45, 7) is 1.91. The van der Waals surface area contributed by atoms with Crippen molar-refractivity contribution in [3.05, 3.63) is 21.0 Å². The molecule has 4 heterocycles. The Bertz CT molecular complexity index is 1080. The fraction of sp³-hybridized carbons (Fsp3) is 0.385. The van der Waals surface area contributed by atoms with Crippen molar-refractivity contribution in [1.82, 2.24) is 29.2 Å². The minimum absolute atomic E-state index is 0.614. The number of thiophene rings is 1. The third kappa shape index (κ3) is 1.41. The number of aromatic amines is 1. The highest BCUT2D eigenvalue weighted by Crippen LogP contribution is 2.38. The van der Waals surface area contributed by atoms with E-state index in [0.717, 1.165) is 29.1 Å². The second kappa shape index (κ2) is 3.89. The molecule has 106 valence electrons. The summed E-state index contributed by atoms with van der Waals surface area (Å²) in [5, 5.41) is 12.9. The van der Waals surface area contributed by atoms with Gasteiger partial charge >= 0.3 is 0 Å². The number of aryl methyl sites for hydroxylation is 3. The summed E-state index contributed by atoms with van der Waals surface area (Å²) in [7, 11) is 0. The van der Waals surface area contributed by atoms with E-state index in [0.29, 0.717) is 10.5 Å². The Morgan fingerprint density at radius 1 is 1.29 bits per heavy atom. The van der Waals surface area contributed by atoms with Gasteiger partial charge in [-0.1, -0.05) is 0 Å². The Kier molecular flexibility index (Phi) is 2.19. The van der Waals surface area contributed by atoms with Crippen LogP contribution in [0.1, 0.15) is 29.1 Å². The average Bonchev–Trinajstić information content (AvgIpc) is 3.12. The van der Waals surface area contributed by atoms with Crippen LogP contribution in [0.4, 0.5) is 0 Å². The Morgan fingerprint density at radius 3 is 3.05 bits per heavy atom. The van der Waals surface area contributed by atoms with Crippen LogP contribution in [0, 0.1) is 11.7 Å². The van der Waals surface area contributed by atoms with Crippen molar-refractivity contribution in [3.63, 3.8) is 0 Å². The first-order chi connectivity index (χ1) is 10.2. The minimum Gasteiger partial charge on any atom is -0.249 e. The SMILES string of the molecule is Cc1nc2c3c4c(sc3n3c(=S)[nH]nc3n2n1)CCCC4. The van der Waals surface area contributed by atoms with Gasteiger partial charge in [-0.3, -0.25) is 0 Å². The van der Waals surface area contributed by atoms with Crippen LogP contribution < -0.4 is 0 Å². The van der Waals surface area contributed by atoms with Gasteiger partial charge in [-0.25, -0.2) is 14.5 Å². The number of nitrogens with zero attached hydrogens (tertiary/aromatic N) is 5. The topological polar surface area (TPSA) is 63.3 Å². The lowest BCUT2D eigenvalue weighted by Crippen LogP contribution is -2.01. The van der Waals surface area contributed by atoms with Crippen LogP contribution in [0.3, 0.4) is 0 Å². The van der Waals surface area contributed by atoms with Crippen LogP contribution in [0.25, 0.3) is 21.6 Å². The van der Waals surface area contributed by atoms with Gasteiger partial charge in [0, 0.05) is 4.88 Å². The third-order valence-corrected chi connectivity index (χ3v) is 5.69. The number of hydrogen-bond acceptors (Lipinski definition) is 5. The second-order valence-corrected chi connectivity index (χ2v) is 6.92. The standard InChI is InChI=1S/C13H12N6S2/c1-6-14-10-9-7-4-2-3-5-8(7)21-11(9)18-12(19(10)17-6)15-16-13(18)20/h2-5H2,1H3,(H,16,20). The van der Waals surface area contributed by atoms with Crippen molar-refractivity contribution in [2.24, 2.45) is 0 Å². The number of rotatable bonds is 0. The lowest BCUT2D eigenvalue weighted by molar-refractivity contribution is 0.700. The predicted octanol–water partition coefficient (Wildman–Crippen LogP) is 2.84. The highest BCUT2D eigenvalue weighted by atomic mass is 32.1. The van der Waals surface area contributed by atoms with Crippen LogP contribution in [0.5, 0.6) is 0 Å². The highest BCUT2D eigenvalue weighted by molar-refractivity contribution is 7.71. The van der Waals surface area contributed by atoms with E-state index in [-0.39, 0.29) is 0 Å². The number of H-pyrrole nitrogens is 1. The van der Waals surface area contributed by atoms with Gasteiger partial charge in [-0.15, -0.1) is 21.5 Å². The first-order valence-electron chi connectivity index (χ1n) is 7.01. The van der Waals surface area contributed by atoms with Gasteiger partial charge in [0.15, 0.2) is 5.65 Å². The molecule has 4 aromatic rings. The molecule has 0 aromatic carbocycles. The molecule has 21 heavy (non-hydrogen) atoms. The maximum atomic E-state index is 5.41. The molecule has 6 nitrogen and oxygen atoms in total. The molecule has 1 N–H and O–H groups in total. The number of hydrogen-bond donors (Lipinski definition) is 1. The van der Waals surface area contributed by atoms with Gasteiger partial charge in [0.05, 0.1) is 5.39 Å². The first kappa shape index (κ1) is 11.8. The highest BCUT2D eigenvalue weighted by Gasteiger charge is 2.23. The van der Waals surface area contributed by atoms with E-state index in [4.69, 9.17) is 12.2 Å². The molecule has 4 aromatic heterocycles. The normalized spacial score (nSPS) is 15.3. The average molecular weight is 316 g/mol. The molecule has 0 bridgehead atoms. The van der Waals surface area contributed by atoms with Crippen LogP contribution in [-0.2, 0) is 12.8 Å². The molecule has 0 fully saturated rings. The van der Waals surface area contributed by atoms with Crippen LogP contribution >= 0.6 is 23.6 Å². The Hall–Kier alpha value is -1.80. The molecule has 0 amide bonds. The second-order valence-electron chi connectivity index (χ2n) is 5.45. The summed E-state index contributed by atoms with van der Waals surface area (Å²) in [4.78, 5) is 7.25. The van der Waals surface area contributed by atoms with Gasteiger partial charge < -0.3 is 0 Å². The molecule has 1 aliphatic carbocycles. The molecule has 5 rings (SSSR count). The molecule has 0 atom stereocenters. The fourth-order valence-corrected chi connectivity index (χ4v) is 4.93. The van der Waals surface area contributed by atoms with Crippen molar-refractivity contribution in [2.45, 2.75) is 32.6 Å². The van der Waals surface area contributed by atoms with Gasteiger partial charge in [0.25, 0.3) is 5.78 Å². The minimum atomic E-state index is 0.614. The molecule has 8 heteroatoms. The fourth-order valence-electron chi connectivity index (χ4n) is 3.27. The van der Waals surface area contributed by atoms with E-state index in [1.54, 1.807) is 0 Å². The maximum Gasteiger partial charge on any atom is 0.257 e. The van der Waals surface area contributed by atoms with Gasteiger partial charge in [0.1, 0.15) is 10.7 Å². The van der Waals surface area contributed by atoms with Crippen LogP contribution in [0.2, 0.25) is 0 Å². The Labute approximate surface area is 128 Å². The van der Waals surface area contributed by atoms with E-state index in [1.165, 1.54) is 28.7 Å². The van der Waals surface area contributed by atoms with E-state index in [1.807, 2.05) is 27.2 Å². The van der Waals surface area contributed by atoms with Crippen LogP contribution in [-0.4, -0.2) is 29.2 Å². The smallest absolute Gasteiger partial charge is 0.249 e. The lowest BCUT2D eigenvalue weighted by Gasteiger charge is -2.10. The maximum absolute atomic E-state index is 5.41. The van der Waals surface area contributed by atoms with Crippen molar-refractivity contribution in [3.8, 4) is 0 Å². The molecule has 1 aliphatic rings. The quantitative estimate of drug-likeness (QED) is 0.507. The van der Waals surface area contributed by atoms with Gasteiger partial charge in [-0.2, -0.15) is 4.52 Å². The van der Waals surface area contributed by atoms with Gasteiger partial charge in [0.2, 0.25) is 4.77 Å². The molecule has 0 spiro atoms. The molecule has 0 unspecified atom stereocenters. The van der Waals surface area contributed by atoms with Crippen molar-refractivity contribution >= 4 is 45.2 Å². The summed E-state index contributed by atoms with van der Waals surface area (Å²) >= 11 is 7.24. The Balaban J connectivity index is 2.16. The van der Waals surface area contributed by atoms with E-state index >= 15 is 0 Å². The first-order valence-corrected chi connectivity index (χ1v) is 8.23. The Morgan fingerprint density at radius 2 is 2.14 bits per heavy atom. The number of aromatic nitrogens is 6. The van der Waals surface area contributed by atoms with Gasteiger partial charge in [-0.05, 0) is 50.4 Å². The summed E-state index contributed by atoms with van der Waals surface area (Å²) in [5.41, 5.74) is 2.34. The van der Waals surface area contributed by atoms with Crippen molar-refractivity contribution < 1.29 is 0 Å². The lowest BCUT2D eigenvalue weighted by atomic mass is 9.97. The third-order valence-electron chi connectivity index (χ3n) is 4.14. The largest absolute Gasteiger partial charge is 0.257 e. The zero-order chi connectivity index (χ0) is 14.1. The summed E-state index contributed by atoms with van der Waals surface area (Å²) in [5.74, 6) is 1.47. The molecule has 0 aliphatic heterocycles. The molecule has 0 radical (unpaired) electrons. The van der Waals surface area contributed by atoms with E-state index < -0.39 is 0 Å². The van der Waals surface area contributed by atoms with Crippen molar-refractivity contribution in [1.29, 1.82) is 0 Å². The number of nitrogens with one attached hydrogen (secondary N) is 1. The summed E-state index contributed by atoms with van der Waals surface area (Å²) < 4.78 is 4.42. The molecule has 0 saturated heterocycles.